The molecule has 3 unspecified atom stereocenters. The summed E-state index contributed by atoms with van der Waals surface area (Å²) in [6, 6.07) is 0. The van der Waals surface area contributed by atoms with Crippen LogP contribution in [0.3, 0.4) is 0 Å². The second-order valence-electron chi connectivity index (χ2n) is 16.7. The first-order chi connectivity index (χ1) is 16.4. The first-order valence-electron chi connectivity index (χ1n) is 15.4. The van der Waals surface area contributed by atoms with Gasteiger partial charge in [0.2, 0.25) is 0 Å². The van der Waals surface area contributed by atoms with Crippen molar-refractivity contribution in [2.45, 2.75) is 143 Å². The van der Waals surface area contributed by atoms with Gasteiger partial charge in [0.15, 0.2) is 25.0 Å². The maximum Gasteiger partial charge on any atom is 0.184 e. The number of hydrogen-bond acceptors (Lipinski definition) is 3. The van der Waals surface area contributed by atoms with Gasteiger partial charge in [-0.3, -0.25) is 0 Å². The monoisotopic (exact) mass is 552 g/mol. The average Bonchev–Trinajstić information content (AvgIpc) is 3.06. The zero-order valence-electron chi connectivity index (χ0n) is 25.8. The van der Waals surface area contributed by atoms with Gasteiger partial charge in [-0.05, 0) is 157 Å². The molecule has 0 aliphatic heterocycles. The predicted molar refractivity (Wildman–Crippen MR) is 161 cm³/mol. The Bertz CT molecular complexity index is 769. The molecule has 9 atom stereocenters. The molecule has 0 aromatic heterocycles. The van der Waals surface area contributed by atoms with Crippen LogP contribution in [0.15, 0.2) is 0 Å². The van der Waals surface area contributed by atoms with Crippen molar-refractivity contribution in [2.24, 2.45) is 40.4 Å². The summed E-state index contributed by atoms with van der Waals surface area (Å²) in [4.78, 5) is 0. The molecule has 0 saturated heterocycles. The van der Waals surface area contributed by atoms with Crippen LogP contribution in [0.5, 0.6) is 0 Å². The van der Waals surface area contributed by atoms with E-state index in [1.165, 1.54) is 57.8 Å². The molecule has 36 heavy (non-hydrogen) atoms. The molecule has 0 N–H and O–H groups in total. The van der Waals surface area contributed by atoms with E-state index in [4.69, 9.17) is 13.3 Å². The Morgan fingerprint density at radius 3 is 1.94 bits per heavy atom. The van der Waals surface area contributed by atoms with Crippen LogP contribution >= 0.6 is 0 Å². The van der Waals surface area contributed by atoms with Crippen LogP contribution in [0.4, 0.5) is 0 Å². The highest BCUT2D eigenvalue weighted by Crippen LogP contribution is 2.68. The quantitative estimate of drug-likeness (QED) is 0.281. The first-order valence-corrected chi connectivity index (χ1v) is 25.6. The average molecular weight is 553 g/mol. The molecule has 4 aliphatic rings. The Morgan fingerprint density at radius 1 is 0.694 bits per heavy atom. The summed E-state index contributed by atoms with van der Waals surface area (Å²) >= 11 is 0. The molecular formula is C30H60O3Si3. The van der Waals surface area contributed by atoms with Crippen molar-refractivity contribution in [3.8, 4) is 0 Å². The highest BCUT2D eigenvalue weighted by Gasteiger charge is 2.61. The second kappa shape index (κ2) is 10.2. The molecule has 0 aromatic carbocycles. The number of hydrogen-bond donors (Lipinski definition) is 0. The van der Waals surface area contributed by atoms with Gasteiger partial charge in [0, 0.05) is 6.10 Å². The lowest BCUT2D eigenvalue weighted by Crippen LogP contribution is -2.55. The number of rotatable bonds is 8. The fourth-order valence-electron chi connectivity index (χ4n) is 9.50. The topological polar surface area (TPSA) is 27.7 Å². The lowest BCUT2D eigenvalue weighted by molar-refractivity contribution is -0.132. The second-order valence-corrected chi connectivity index (χ2v) is 30.1. The summed E-state index contributed by atoms with van der Waals surface area (Å²) in [5, 5.41) is 0. The maximum absolute atomic E-state index is 6.95. The molecule has 6 heteroatoms. The third-order valence-electron chi connectivity index (χ3n) is 10.8. The van der Waals surface area contributed by atoms with Crippen molar-refractivity contribution in [2.75, 3.05) is 6.61 Å². The van der Waals surface area contributed by atoms with E-state index in [0.717, 1.165) is 30.3 Å². The fourth-order valence-corrected chi connectivity index (χ4v) is 12.5. The van der Waals surface area contributed by atoms with E-state index in [-0.39, 0.29) is 6.10 Å². The molecule has 210 valence electrons. The minimum absolute atomic E-state index is 0.288. The Morgan fingerprint density at radius 2 is 1.33 bits per heavy atom. The van der Waals surface area contributed by atoms with Crippen molar-refractivity contribution >= 4 is 25.0 Å². The Labute approximate surface area is 227 Å². The van der Waals surface area contributed by atoms with Crippen molar-refractivity contribution in [1.82, 2.24) is 0 Å². The van der Waals surface area contributed by atoms with Crippen molar-refractivity contribution in [1.29, 1.82) is 0 Å². The molecule has 4 aliphatic carbocycles. The minimum Gasteiger partial charge on any atom is -0.415 e. The van der Waals surface area contributed by atoms with Crippen LogP contribution in [0.25, 0.3) is 0 Å². The predicted octanol–water partition coefficient (Wildman–Crippen LogP) is 8.94. The highest BCUT2D eigenvalue weighted by molar-refractivity contribution is 6.70. The summed E-state index contributed by atoms with van der Waals surface area (Å²) in [5.74, 6) is 4.28. The third kappa shape index (κ3) is 6.30. The van der Waals surface area contributed by atoms with Gasteiger partial charge in [-0.1, -0.05) is 13.8 Å². The van der Waals surface area contributed by atoms with Gasteiger partial charge >= 0.3 is 0 Å². The van der Waals surface area contributed by atoms with Crippen LogP contribution in [0.2, 0.25) is 58.9 Å². The molecule has 0 bridgehead atoms. The first kappa shape index (κ1) is 29.5. The van der Waals surface area contributed by atoms with E-state index in [1.54, 1.807) is 0 Å². The standard InChI is InChI=1S/C30H60O3Si3/c1-29-18-16-23(32-35(6,7)8)20-22(29)12-13-24-25-14-15-27(30(25,2)19-17-26(24)29)28(33-36(9,10)11)21-31-34(3,4)5/h22-28H,12-21H2,1-11H3/t22-,23-,24?,25?,26?,27+,28-,29-,30-/m0/s1. The molecule has 0 amide bonds. The largest absolute Gasteiger partial charge is 0.415 e. The summed E-state index contributed by atoms with van der Waals surface area (Å²) < 4.78 is 20.1. The smallest absolute Gasteiger partial charge is 0.184 e. The van der Waals surface area contributed by atoms with Crippen LogP contribution in [-0.2, 0) is 13.3 Å². The molecular weight excluding hydrogens is 493 g/mol. The van der Waals surface area contributed by atoms with Gasteiger partial charge in [0.05, 0.1) is 12.7 Å². The van der Waals surface area contributed by atoms with Gasteiger partial charge in [-0.2, -0.15) is 0 Å². The van der Waals surface area contributed by atoms with E-state index in [2.05, 4.69) is 72.8 Å². The van der Waals surface area contributed by atoms with E-state index in [1.807, 2.05) is 0 Å². The van der Waals surface area contributed by atoms with Crippen molar-refractivity contribution < 1.29 is 13.3 Å². The lowest BCUT2D eigenvalue weighted by Gasteiger charge is -2.61. The van der Waals surface area contributed by atoms with Gasteiger partial charge in [-0.25, -0.2) is 0 Å². The normalized spacial score (nSPS) is 42.4. The van der Waals surface area contributed by atoms with Gasteiger partial charge < -0.3 is 13.3 Å². The fraction of sp³-hybridized carbons (Fsp3) is 1.00. The van der Waals surface area contributed by atoms with E-state index in [9.17, 15) is 0 Å². The molecule has 0 spiro atoms. The summed E-state index contributed by atoms with van der Waals surface area (Å²) in [5.41, 5.74) is 0.965. The lowest BCUT2D eigenvalue weighted by atomic mass is 9.44. The van der Waals surface area contributed by atoms with Crippen LogP contribution in [-0.4, -0.2) is 43.8 Å². The molecule has 0 aromatic rings. The molecule has 4 rings (SSSR count). The maximum atomic E-state index is 6.95. The molecule has 4 saturated carbocycles. The molecule has 4 fully saturated rings. The summed E-state index contributed by atoms with van der Waals surface area (Å²) in [6.45, 7) is 27.4. The van der Waals surface area contributed by atoms with Crippen LogP contribution in [0, 0.1) is 40.4 Å². The van der Waals surface area contributed by atoms with E-state index < -0.39 is 25.0 Å². The minimum atomic E-state index is -1.64. The van der Waals surface area contributed by atoms with Gasteiger partial charge in [0.1, 0.15) is 0 Å². The van der Waals surface area contributed by atoms with Crippen LogP contribution in [0.1, 0.15) is 71.6 Å². The molecule has 0 heterocycles. The van der Waals surface area contributed by atoms with Crippen LogP contribution < -0.4 is 0 Å². The third-order valence-corrected chi connectivity index (χ3v) is 13.9. The highest BCUT2D eigenvalue weighted by atomic mass is 28.4. The Hall–Kier alpha value is 0.531. The number of fused-ring (bicyclic) bond motifs is 5. The summed E-state index contributed by atoms with van der Waals surface area (Å²) in [7, 11) is -4.66. The zero-order valence-corrected chi connectivity index (χ0v) is 28.8. The molecule has 3 nitrogen and oxygen atoms in total. The Balaban J connectivity index is 1.50. The van der Waals surface area contributed by atoms with E-state index in [0.29, 0.717) is 22.9 Å². The van der Waals surface area contributed by atoms with E-state index >= 15 is 0 Å². The summed E-state index contributed by atoms with van der Waals surface area (Å²) in [6.07, 6.45) is 13.3. The van der Waals surface area contributed by atoms with Gasteiger partial charge in [-0.15, -0.1) is 0 Å². The van der Waals surface area contributed by atoms with Gasteiger partial charge in [0.25, 0.3) is 0 Å². The Kier molecular flexibility index (Phi) is 8.34. The van der Waals surface area contributed by atoms with Crippen molar-refractivity contribution in [3.05, 3.63) is 0 Å². The van der Waals surface area contributed by atoms with Crippen molar-refractivity contribution in [3.63, 3.8) is 0 Å². The zero-order chi connectivity index (χ0) is 26.7. The SMILES string of the molecule is C[C@]12CCC3C(CC[C@H]4C[C@@H](O[Si](C)(C)C)CC[C@]34C)C1CC[C@@H]2[C@H](CO[Si](C)(C)C)O[Si](C)(C)C. The molecule has 0 radical (unpaired) electrons.